The molecule has 0 atom stereocenters. The fourth-order valence-corrected chi connectivity index (χ4v) is 1.20. The maximum atomic E-state index is 4.98. The SMILES string of the molecule is COCN1CCC(=NOC)C1. The highest BCUT2D eigenvalue weighted by Crippen LogP contribution is 2.05. The molecule has 0 aromatic heterocycles. The van der Waals surface area contributed by atoms with E-state index in [2.05, 4.69) is 14.9 Å². The van der Waals surface area contributed by atoms with E-state index in [1.54, 1.807) is 14.2 Å². The van der Waals surface area contributed by atoms with E-state index in [1.165, 1.54) is 0 Å². The van der Waals surface area contributed by atoms with Crippen molar-refractivity contribution < 1.29 is 9.57 Å². The Bertz CT molecular complexity index is 147. The predicted octanol–water partition coefficient (Wildman–Crippen LogP) is 0.298. The zero-order valence-corrected chi connectivity index (χ0v) is 7.04. The first-order valence-electron chi connectivity index (χ1n) is 3.67. The summed E-state index contributed by atoms with van der Waals surface area (Å²) in [6.45, 7) is 2.58. The molecule has 1 heterocycles. The van der Waals surface area contributed by atoms with E-state index in [0.29, 0.717) is 6.73 Å². The highest BCUT2D eigenvalue weighted by molar-refractivity contribution is 5.87. The van der Waals surface area contributed by atoms with Gasteiger partial charge in [0.25, 0.3) is 0 Å². The zero-order chi connectivity index (χ0) is 8.10. The van der Waals surface area contributed by atoms with Crippen LogP contribution in [0.25, 0.3) is 0 Å². The second kappa shape index (κ2) is 4.31. The number of rotatable bonds is 3. The molecule has 0 spiro atoms. The average Bonchev–Trinajstić information content (AvgIpc) is 2.38. The van der Waals surface area contributed by atoms with Crippen molar-refractivity contribution in [2.75, 3.05) is 34.0 Å². The van der Waals surface area contributed by atoms with Crippen LogP contribution in [0.4, 0.5) is 0 Å². The standard InChI is InChI=1S/C7H14N2O2/c1-10-6-9-4-3-7(5-9)8-11-2/h3-6H2,1-2H3. The molecule has 1 aliphatic rings. The molecule has 0 aromatic rings. The Balaban J connectivity index is 2.28. The molecule has 0 aliphatic carbocycles. The molecule has 1 saturated heterocycles. The molecular weight excluding hydrogens is 144 g/mol. The Labute approximate surface area is 66.8 Å². The average molecular weight is 158 g/mol. The summed E-state index contributed by atoms with van der Waals surface area (Å²) in [6.07, 6.45) is 0.997. The molecule has 64 valence electrons. The van der Waals surface area contributed by atoms with Gasteiger partial charge < -0.3 is 9.57 Å². The Hall–Kier alpha value is -0.610. The van der Waals surface area contributed by atoms with Crippen LogP contribution in [-0.4, -0.2) is 44.7 Å². The highest BCUT2D eigenvalue weighted by atomic mass is 16.6. The van der Waals surface area contributed by atoms with Crippen molar-refractivity contribution in [3.8, 4) is 0 Å². The molecule has 0 aromatic carbocycles. The van der Waals surface area contributed by atoms with Gasteiger partial charge >= 0.3 is 0 Å². The van der Waals surface area contributed by atoms with E-state index in [1.807, 2.05) is 0 Å². The Morgan fingerprint density at radius 3 is 3.00 bits per heavy atom. The molecule has 0 N–H and O–H groups in total. The maximum Gasteiger partial charge on any atom is 0.106 e. The van der Waals surface area contributed by atoms with Crippen molar-refractivity contribution in [1.29, 1.82) is 0 Å². The van der Waals surface area contributed by atoms with Crippen molar-refractivity contribution >= 4 is 5.71 Å². The lowest BCUT2D eigenvalue weighted by molar-refractivity contribution is 0.0834. The van der Waals surface area contributed by atoms with E-state index >= 15 is 0 Å². The summed E-state index contributed by atoms with van der Waals surface area (Å²) in [5.41, 5.74) is 1.10. The number of hydrogen-bond donors (Lipinski definition) is 0. The Morgan fingerprint density at radius 2 is 2.36 bits per heavy atom. The molecule has 1 aliphatic heterocycles. The van der Waals surface area contributed by atoms with Crippen molar-refractivity contribution in [2.45, 2.75) is 6.42 Å². The molecular formula is C7H14N2O2. The minimum Gasteiger partial charge on any atom is -0.399 e. The molecule has 0 amide bonds. The van der Waals surface area contributed by atoms with E-state index in [4.69, 9.17) is 4.74 Å². The number of hydrogen-bond acceptors (Lipinski definition) is 4. The van der Waals surface area contributed by atoms with Crippen LogP contribution < -0.4 is 0 Å². The first-order valence-corrected chi connectivity index (χ1v) is 3.67. The highest BCUT2D eigenvalue weighted by Gasteiger charge is 2.17. The largest absolute Gasteiger partial charge is 0.399 e. The third kappa shape index (κ3) is 2.48. The van der Waals surface area contributed by atoms with E-state index in [-0.39, 0.29) is 0 Å². The summed E-state index contributed by atoms with van der Waals surface area (Å²) in [4.78, 5) is 6.85. The topological polar surface area (TPSA) is 34.1 Å². The second-order valence-corrected chi connectivity index (χ2v) is 2.56. The first kappa shape index (κ1) is 8.49. The van der Waals surface area contributed by atoms with Gasteiger partial charge in [0.05, 0.1) is 12.4 Å². The lowest BCUT2D eigenvalue weighted by atomic mass is 10.3. The number of ether oxygens (including phenoxy) is 1. The Kier molecular flexibility index (Phi) is 3.32. The number of likely N-dealkylation sites (tertiary alicyclic amines) is 1. The van der Waals surface area contributed by atoms with Crippen molar-refractivity contribution in [3.63, 3.8) is 0 Å². The molecule has 0 radical (unpaired) electrons. The van der Waals surface area contributed by atoms with Crippen LogP contribution in [0.15, 0.2) is 5.16 Å². The van der Waals surface area contributed by atoms with Gasteiger partial charge in [0.15, 0.2) is 0 Å². The molecule has 1 fully saturated rings. The van der Waals surface area contributed by atoms with Crippen LogP contribution >= 0.6 is 0 Å². The molecule has 0 unspecified atom stereocenters. The summed E-state index contributed by atoms with van der Waals surface area (Å²) in [6, 6.07) is 0. The van der Waals surface area contributed by atoms with Gasteiger partial charge in [-0.2, -0.15) is 0 Å². The number of nitrogens with zero attached hydrogens (tertiary/aromatic N) is 2. The normalized spacial score (nSPS) is 22.9. The van der Waals surface area contributed by atoms with Crippen LogP contribution in [0.5, 0.6) is 0 Å². The van der Waals surface area contributed by atoms with Gasteiger partial charge in [-0.05, 0) is 0 Å². The van der Waals surface area contributed by atoms with E-state index < -0.39 is 0 Å². The van der Waals surface area contributed by atoms with Crippen LogP contribution in [0.1, 0.15) is 6.42 Å². The minimum atomic E-state index is 0.683. The minimum absolute atomic E-state index is 0.683. The van der Waals surface area contributed by atoms with Crippen molar-refractivity contribution in [1.82, 2.24) is 4.90 Å². The summed E-state index contributed by atoms with van der Waals surface area (Å²) >= 11 is 0. The van der Waals surface area contributed by atoms with Gasteiger partial charge in [0.2, 0.25) is 0 Å². The van der Waals surface area contributed by atoms with Crippen LogP contribution in [-0.2, 0) is 9.57 Å². The molecule has 1 rings (SSSR count). The van der Waals surface area contributed by atoms with Crippen LogP contribution in [0.2, 0.25) is 0 Å². The quantitative estimate of drug-likeness (QED) is 0.554. The number of methoxy groups -OCH3 is 1. The summed E-state index contributed by atoms with van der Waals surface area (Å²) in [5, 5.41) is 3.88. The fourth-order valence-electron chi connectivity index (χ4n) is 1.20. The van der Waals surface area contributed by atoms with Crippen LogP contribution in [0.3, 0.4) is 0 Å². The first-order chi connectivity index (χ1) is 5.36. The molecule has 0 saturated carbocycles. The number of oxime groups is 1. The van der Waals surface area contributed by atoms with Crippen molar-refractivity contribution in [2.24, 2.45) is 5.16 Å². The van der Waals surface area contributed by atoms with Gasteiger partial charge in [-0.3, -0.25) is 4.90 Å². The smallest absolute Gasteiger partial charge is 0.106 e. The maximum absolute atomic E-state index is 4.98. The second-order valence-electron chi connectivity index (χ2n) is 2.56. The van der Waals surface area contributed by atoms with Gasteiger partial charge in [-0.15, -0.1) is 0 Å². The Morgan fingerprint density at radius 1 is 1.55 bits per heavy atom. The molecule has 11 heavy (non-hydrogen) atoms. The summed E-state index contributed by atoms with van der Waals surface area (Å²) < 4.78 is 4.98. The summed E-state index contributed by atoms with van der Waals surface area (Å²) in [5.74, 6) is 0. The van der Waals surface area contributed by atoms with Gasteiger partial charge in [-0.25, -0.2) is 0 Å². The zero-order valence-electron chi connectivity index (χ0n) is 7.04. The van der Waals surface area contributed by atoms with Crippen molar-refractivity contribution in [3.05, 3.63) is 0 Å². The fraction of sp³-hybridized carbons (Fsp3) is 0.857. The van der Waals surface area contributed by atoms with Crippen LogP contribution in [0, 0.1) is 0 Å². The van der Waals surface area contributed by atoms with Gasteiger partial charge in [0.1, 0.15) is 7.11 Å². The lowest BCUT2D eigenvalue weighted by Crippen LogP contribution is -2.22. The molecule has 4 nitrogen and oxygen atoms in total. The molecule has 4 heteroatoms. The summed E-state index contributed by atoms with van der Waals surface area (Å²) in [7, 11) is 3.28. The van der Waals surface area contributed by atoms with Gasteiger partial charge in [-0.1, -0.05) is 5.16 Å². The lowest BCUT2D eigenvalue weighted by Gasteiger charge is -2.10. The van der Waals surface area contributed by atoms with E-state index in [9.17, 15) is 0 Å². The van der Waals surface area contributed by atoms with E-state index in [0.717, 1.165) is 25.2 Å². The monoisotopic (exact) mass is 158 g/mol. The van der Waals surface area contributed by atoms with Gasteiger partial charge in [0, 0.05) is 26.6 Å². The third-order valence-electron chi connectivity index (χ3n) is 1.65. The third-order valence-corrected chi connectivity index (χ3v) is 1.65. The predicted molar refractivity (Wildman–Crippen MR) is 42.5 cm³/mol. The molecule has 0 bridgehead atoms.